The quantitative estimate of drug-likeness (QED) is 0.338. The topological polar surface area (TPSA) is 136 Å². The van der Waals surface area contributed by atoms with E-state index in [9.17, 15) is 28.6 Å². The summed E-state index contributed by atoms with van der Waals surface area (Å²) < 4.78 is 27.2. The molecule has 1 aliphatic rings. The van der Waals surface area contributed by atoms with E-state index < -0.39 is 36.1 Å². The molecule has 1 N–H and O–H groups in total. The van der Waals surface area contributed by atoms with Gasteiger partial charge in [0.1, 0.15) is 0 Å². The highest BCUT2D eigenvalue weighted by atomic mass is 35.5. The van der Waals surface area contributed by atoms with Crippen LogP contribution in [0, 0.1) is 20.2 Å². The predicted octanol–water partition coefficient (Wildman–Crippen LogP) is 3.04. The molecule has 0 fully saturated rings. The zero-order chi connectivity index (χ0) is 21.7. The van der Waals surface area contributed by atoms with Crippen LogP contribution in [0.25, 0.3) is 0 Å². The van der Waals surface area contributed by atoms with Crippen LogP contribution in [0.15, 0.2) is 47.4 Å². The molecule has 0 aliphatic carbocycles. The number of unbranched alkanes of at least 4 members (excludes halogenated alkanes) is 1. The number of benzene rings is 2. The fourth-order valence-corrected chi connectivity index (χ4v) is 4.70. The maximum absolute atomic E-state index is 12.4. The molecule has 0 atom stereocenters. The van der Waals surface area contributed by atoms with Crippen LogP contribution in [0.2, 0.25) is 0 Å². The van der Waals surface area contributed by atoms with E-state index in [-0.39, 0.29) is 19.0 Å². The minimum Gasteiger partial charge on any atom is -0.299 e. The third-order valence-corrected chi connectivity index (χ3v) is 6.55. The van der Waals surface area contributed by atoms with Gasteiger partial charge in [0.05, 0.1) is 15.9 Å². The molecule has 0 saturated carbocycles. The second-order valence-corrected chi connectivity index (χ2v) is 8.80. The summed E-state index contributed by atoms with van der Waals surface area (Å²) in [5.41, 5.74) is 1.33. The minimum atomic E-state index is -4.15. The summed E-state index contributed by atoms with van der Waals surface area (Å²) in [5, 5.41) is 22.0. The Bertz CT molecular complexity index is 1060. The van der Waals surface area contributed by atoms with E-state index >= 15 is 0 Å². The summed E-state index contributed by atoms with van der Waals surface area (Å²) in [4.78, 5) is 22.0. The molecule has 10 nitrogen and oxygen atoms in total. The first-order chi connectivity index (χ1) is 14.3. The van der Waals surface area contributed by atoms with E-state index in [1.165, 1.54) is 11.1 Å². The highest BCUT2D eigenvalue weighted by Crippen LogP contribution is 2.28. The summed E-state index contributed by atoms with van der Waals surface area (Å²) in [7, 11) is -4.15. The molecular weight excluding hydrogens is 448 g/mol. The maximum atomic E-state index is 12.4. The lowest BCUT2D eigenvalue weighted by atomic mass is 10.00. The Hall–Kier alpha value is -2.60. The first-order valence-corrected chi connectivity index (χ1v) is 11.0. The smallest absolute Gasteiger partial charge is 0.296 e. The zero-order valence-electron chi connectivity index (χ0n) is 16.6. The van der Waals surface area contributed by atoms with Crippen molar-refractivity contribution in [3.8, 4) is 0 Å². The van der Waals surface area contributed by atoms with E-state index in [1.807, 2.05) is 12.1 Å². The van der Waals surface area contributed by atoms with Gasteiger partial charge in [-0.05, 0) is 43.0 Å². The van der Waals surface area contributed by atoms with E-state index in [0.717, 1.165) is 44.6 Å². The van der Waals surface area contributed by atoms with Crippen molar-refractivity contribution in [2.24, 2.45) is 0 Å². The summed E-state index contributed by atoms with van der Waals surface area (Å²) in [6, 6.07) is 10.8. The minimum absolute atomic E-state index is 0. The van der Waals surface area contributed by atoms with Crippen LogP contribution in [-0.4, -0.2) is 42.8 Å². The number of nitro groups is 2. The number of non-ortho nitro benzene ring substituents is 1. The van der Waals surface area contributed by atoms with Gasteiger partial charge in [0, 0.05) is 25.7 Å². The maximum Gasteiger partial charge on any atom is 0.296 e. The molecule has 0 saturated heterocycles. The molecule has 0 bridgehead atoms. The lowest BCUT2D eigenvalue weighted by molar-refractivity contribution is -0.396. The molecule has 168 valence electrons. The molecular formula is C19H23ClN4O6S. The van der Waals surface area contributed by atoms with Crippen LogP contribution in [0.5, 0.6) is 0 Å². The van der Waals surface area contributed by atoms with Crippen molar-refractivity contribution < 1.29 is 18.3 Å². The van der Waals surface area contributed by atoms with E-state index in [0.29, 0.717) is 12.5 Å². The van der Waals surface area contributed by atoms with Crippen molar-refractivity contribution in [2.75, 3.05) is 19.6 Å². The number of rotatable bonds is 9. The number of sulfonamides is 1. The average Bonchev–Trinajstić information content (AvgIpc) is 2.72. The summed E-state index contributed by atoms with van der Waals surface area (Å²) in [5.74, 6) is 0. The molecule has 2 aromatic rings. The van der Waals surface area contributed by atoms with Gasteiger partial charge in [0.15, 0.2) is 4.90 Å². The van der Waals surface area contributed by atoms with Gasteiger partial charge in [-0.25, -0.2) is 13.1 Å². The SMILES string of the molecule is Cl.O=[N+]([O-])c1ccc(S(=O)(=O)NCCCCN2CCc3ccccc3C2)c([N+](=O)[O-])c1. The van der Waals surface area contributed by atoms with Gasteiger partial charge in [-0.15, -0.1) is 12.4 Å². The Morgan fingerprint density at radius 1 is 1.00 bits per heavy atom. The highest BCUT2D eigenvalue weighted by molar-refractivity contribution is 7.89. The van der Waals surface area contributed by atoms with Crippen LogP contribution >= 0.6 is 12.4 Å². The van der Waals surface area contributed by atoms with Crippen LogP contribution in [-0.2, 0) is 23.0 Å². The average molecular weight is 471 g/mol. The number of halogens is 1. The highest BCUT2D eigenvalue weighted by Gasteiger charge is 2.28. The zero-order valence-corrected chi connectivity index (χ0v) is 18.2. The second kappa shape index (κ2) is 10.6. The van der Waals surface area contributed by atoms with Crippen LogP contribution < -0.4 is 4.72 Å². The van der Waals surface area contributed by atoms with Crippen molar-refractivity contribution in [3.63, 3.8) is 0 Å². The largest absolute Gasteiger partial charge is 0.299 e. The van der Waals surface area contributed by atoms with E-state index in [1.54, 1.807) is 0 Å². The number of fused-ring (bicyclic) bond motifs is 1. The first-order valence-electron chi connectivity index (χ1n) is 9.49. The lowest BCUT2D eigenvalue weighted by Crippen LogP contribution is -2.32. The van der Waals surface area contributed by atoms with E-state index in [2.05, 4.69) is 21.8 Å². The van der Waals surface area contributed by atoms with Crippen molar-refractivity contribution >= 4 is 33.8 Å². The van der Waals surface area contributed by atoms with Gasteiger partial charge in [-0.1, -0.05) is 24.3 Å². The molecule has 0 amide bonds. The Morgan fingerprint density at radius 2 is 1.71 bits per heavy atom. The molecule has 31 heavy (non-hydrogen) atoms. The molecule has 1 aliphatic heterocycles. The van der Waals surface area contributed by atoms with Crippen molar-refractivity contribution in [1.82, 2.24) is 9.62 Å². The number of nitrogens with zero attached hydrogens (tertiary/aromatic N) is 3. The summed E-state index contributed by atoms with van der Waals surface area (Å²) in [6.07, 6.45) is 2.33. The van der Waals surface area contributed by atoms with Gasteiger partial charge < -0.3 is 0 Å². The molecule has 3 rings (SSSR count). The van der Waals surface area contributed by atoms with Gasteiger partial charge in [0.2, 0.25) is 10.0 Å². The fraction of sp³-hybridized carbons (Fsp3) is 0.368. The number of nitrogens with one attached hydrogen (secondary N) is 1. The monoisotopic (exact) mass is 470 g/mol. The van der Waals surface area contributed by atoms with Crippen LogP contribution in [0.1, 0.15) is 24.0 Å². The molecule has 1 heterocycles. The lowest BCUT2D eigenvalue weighted by Gasteiger charge is -2.28. The van der Waals surface area contributed by atoms with Crippen LogP contribution in [0.3, 0.4) is 0 Å². The Kier molecular flexibility index (Phi) is 8.45. The molecule has 0 spiro atoms. The third kappa shape index (κ3) is 6.20. The van der Waals surface area contributed by atoms with Crippen molar-refractivity contribution in [2.45, 2.75) is 30.7 Å². The fourth-order valence-electron chi connectivity index (χ4n) is 3.48. The Labute approximate surface area is 186 Å². The number of nitro benzene ring substituents is 2. The number of hydrogen-bond donors (Lipinski definition) is 1. The van der Waals surface area contributed by atoms with Gasteiger partial charge in [-0.2, -0.15) is 0 Å². The normalized spacial score (nSPS) is 13.8. The first kappa shape index (κ1) is 24.7. The number of hydrogen-bond acceptors (Lipinski definition) is 7. The molecule has 0 aromatic heterocycles. The standard InChI is InChI=1S/C19H22N4O6S.ClH/c24-22(25)17-7-8-19(18(13-17)23(26)27)30(28,29)20-10-3-4-11-21-12-9-15-5-1-2-6-16(15)14-21;/h1-2,5-8,13,20H,3-4,9-12,14H2;1H. The molecule has 0 radical (unpaired) electrons. The van der Waals surface area contributed by atoms with Gasteiger partial charge in [-0.3, -0.25) is 25.1 Å². The third-order valence-electron chi connectivity index (χ3n) is 5.04. The van der Waals surface area contributed by atoms with E-state index in [4.69, 9.17) is 0 Å². The molecule has 0 unspecified atom stereocenters. The Balaban J connectivity index is 0.00000341. The van der Waals surface area contributed by atoms with Crippen molar-refractivity contribution in [3.05, 3.63) is 73.8 Å². The predicted molar refractivity (Wildman–Crippen MR) is 117 cm³/mol. The summed E-state index contributed by atoms with van der Waals surface area (Å²) >= 11 is 0. The summed E-state index contributed by atoms with van der Waals surface area (Å²) in [6.45, 7) is 2.78. The second-order valence-electron chi connectivity index (χ2n) is 7.07. The Morgan fingerprint density at radius 3 is 2.39 bits per heavy atom. The van der Waals surface area contributed by atoms with Crippen molar-refractivity contribution in [1.29, 1.82) is 0 Å². The molecule has 12 heteroatoms. The van der Waals surface area contributed by atoms with Gasteiger partial charge in [0.25, 0.3) is 11.4 Å². The molecule has 2 aromatic carbocycles. The van der Waals surface area contributed by atoms with Crippen LogP contribution in [0.4, 0.5) is 11.4 Å². The van der Waals surface area contributed by atoms with Gasteiger partial charge >= 0.3 is 0 Å².